The fourth-order valence-corrected chi connectivity index (χ4v) is 4.29. The molecule has 2 aromatic carbocycles. The molecule has 2 aromatic heterocycles. The monoisotopic (exact) mass is 472 g/mol. The summed E-state index contributed by atoms with van der Waals surface area (Å²) in [4.78, 5) is 7.12. The zero-order chi connectivity index (χ0) is 24.0. The second-order valence-electron chi connectivity index (χ2n) is 8.49. The Morgan fingerprint density at radius 1 is 0.914 bits per heavy atom. The number of ether oxygens (including phenoxy) is 2. The Bertz CT molecular complexity index is 1280. The summed E-state index contributed by atoms with van der Waals surface area (Å²) in [5.41, 5.74) is 4.72. The number of aromatic nitrogens is 3. The summed E-state index contributed by atoms with van der Waals surface area (Å²) < 4.78 is 13.3. The van der Waals surface area contributed by atoms with E-state index in [4.69, 9.17) is 14.6 Å². The Hall–Kier alpha value is -3.78. The molecule has 2 N–H and O–H groups in total. The van der Waals surface area contributed by atoms with E-state index in [1.807, 2.05) is 53.0 Å². The summed E-state index contributed by atoms with van der Waals surface area (Å²) >= 11 is 0. The van der Waals surface area contributed by atoms with Gasteiger partial charge in [-0.1, -0.05) is 26.0 Å². The predicted octanol–water partition coefficient (Wildman–Crippen LogP) is 5.05. The maximum Gasteiger partial charge on any atom is 0.247 e. The smallest absolute Gasteiger partial charge is 0.247 e. The molecule has 5 rings (SSSR count). The van der Waals surface area contributed by atoms with Gasteiger partial charge in [-0.2, -0.15) is 4.98 Å². The molecule has 0 fully saturated rings. The van der Waals surface area contributed by atoms with Crippen molar-refractivity contribution in [2.45, 2.75) is 20.3 Å². The molecule has 0 atom stereocenters. The number of benzene rings is 2. The molecule has 3 heterocycles. The molecule has 0 aliphatic carbocycles. The first kappa shape index (κ1) is 23.0. The first-order valence-electron chi connectivity index (χ1n) is 12.3. The number of nitrogens with one attached hydrogen (secondary N) is 2. The molecular weight excluding hydrogens is 440 g/mol. The molecule has 0 saturated carbocycles. The van der Waals surface area contributed by atoms with Crippen molar-refractivity contribution in [2.24, 2.45) is 0 Å². The van der Waals surface area contributed by atoms with Crippen LogP contribution < -0.4 is 20.1 Å². The van der Waals surface area contributed by atoms with Crippen LogP contribution in [-0.2, 0) is 0 Å². The van der Waals surface area contributed by atoms with Gasteiger partial charge in [0, 0.05) is 23.5 Å². The van der Waals surface area contributed by atoms with Gasteiger partial charge in [0.15, 0.2) is 17.1 Å². The SMILES string of the molecule is CCN(CC)CCCNc1cccc(Nc2nc3cccc(-c4ccc5c(c4)OCCO5)n3n2)c1. The third-order valence-corrected chi connectivity index (χ3v) is 6.19. The van der Waals surface area contributed by atoms with Crippen molar-refractivity contribution in [2.75, 3.05) is 50.0 Å². The van der Waals surface area contributed by atoms with E-state index in [1.54, 1.807) is 0 Å². The van der Waals surface area contributed by atoms with Crippen molar-refractivity contribution in [3.63, 3.8) is 0 Å². The van der Waals surface area contributed by atoms with Crippen molar-refractivity contribution >= 4 is 23.0 Å². The summed E-state index contributed by atoms with van der Waals surface area (Å²) in [7, 11) is 0. The second kappa shape index (κ2) is 10.7. The van der Waals surface area contributed by atoms with E-state index in [2.05, 4.69) is 46.5 Å². The molecule has 0 amide bonds. The minimum absolute atomic E-state index is 0.550. The van der Waals surface area contributed by atoms with E-state index >= 15 is 0 Å². The Balaban J connectivity index is 1.30. The van der Waals surface area contributed by atoms with E-state index < -0.39 is 0 Å². The highest BCUT2D eigenvalue weighted by molar-refractivity contribution is 5.68. The molecule has 35 heavy (non-hydrogen) atoms. The highest BCUT2D eigenvalue weighted by atomic mass is 16.6. The van der Waals surface area contributed by atoms with E-state index in [1.165, 1.54) is 0 Å². The number of anilines is 3. The van der Waals surface area contributed by atoms with Crippen LogP contribution in [0.2, 0.25) is 0 Å². The number of pyridine rings is 1. The van der Waals surface area contributed by atoms with Crippen LogP contribution in [0.5, 0.6) is 11.5 Å². The van der Waals surface area contributed by atoms with E-state index in [0.29, 0.717) is 19.2 Å². The zero-order valence-corrected chi connectivity index (χ0v) is 20.3. The van der Waals surface area contributed by atoms with Crippen LogP contribution >= 0.6 is 0 Å². The second-order valence-corrected chi connectivity index (χ2v) is 8.49. The fraction of sp³-hybridized carbons (Fsp3) is 0.333. The van der Waals surface area contributed by atoms with Crippen LogP contribution in [0.1, 0.15) is 20.3 Å². The molecule has 0 bridgehead atoms. The highest BCUT2D eigenvalue weighted by Gasteiger charge is 2.15. The first-order valence-corrected chi connectivity index (χ1v) is 12.3. The topological polar surface area (TPSA) is 76.0 Å². The Morgan fingerprint density at radius 2 is 1.71 bits per heavy atom. The summed E-state index contributed by atoms with van der Waals surface area (Å²) in [5.74, 6) is 2.08. The van der Waals surface area contributed by atoms with Crippen molar-refractivity contribution in [3.05, 3.63) is 60.7 Å². The van der Waals surface area contributed by atoms with Gasteiger partial charge in [-0.3, -0.25) is 0 Å². The average molecular weight is 473 g/mol. The summed E-state index contributed by atoms with van der Waals surface area (Å²) in [6.45, 7) is 9.78. The van der Waals surface area contributed by atoms with Crippen LogP contribution in [0.4, 0.5) is 17.3 Å². The number of fused-ring (bicyclic) bond motifs is 2. The number of nitrogens with zero attached hydrogens (tertiary/aromatic N) is 4. The van der Waals surface area contributed by atoms with Gasteiger partial charge in [0.25, 0.3) is 0 Å². The third-order valence-electron chi connectivity index (χ3n) is 6.19. The lowest BCUT2D eigenvalue weighted by Crippen LogP contribution is -2.25. The molecule has 182 valence electrons. The van der Waals surface area contributed by atoms with Gasteiger partial charge in [0.1, 0.15) is 13.2 Å². The van der Waals surface area contributed by atoms with Gasteiger partial charge >= 0.3 is 0 Å². The van der Waals surface area contributed by atoms with Crippen molar-refractivity contribution in [1.29, 1.82) is 0 Å². The number of hydrogen-bond acceptors (Lipinski definition) is 7. The van der Waals surface area contributed by atoms with E-state index in [-0.39, 0.29) is 0 Å². The number of rotatable bonds is 10. The van der Waals surface area contributed by atoms with Gasteiger partial charge in [-0.25, -0.2) is 4.52 Å². The largest absolute Gasteiger partial charge is 0.486 e. The Morgan fingerprint density at radius 3 is 2.57 bits per heavy atom. The molecular formula is C27H32N6O2. The summed E-state index contributed by atoms with van der Waals surface area (Å²) in [5, 5.41) is 11.6. The maximum atomic E-state index is 5.76. The molecule has 8 nitrogen and oxygen atoms in total. The number of hydrogen-bond donors (Lipinski definition) is 2. The molecule has 0 spiro atoms. The minimum Gasteiger partial charge on any atom is -0.486 e. The minimum atomic E-state index is 0.550. The van der Waals surface area contributed by atoms with Crippen LogP contribution in [0.25, 0.3) is 16.9 Å². The summed E-state index contributed by atoms with van der Waals surface area (Å²) in [6, 6.07) is 20.2. The highest BCUT2D eigenvalue weighted by Crippen LogP contribution is 2.34. The third kappa shape index (κ3) is 5.33. The van der Waals surface area contributed by atoms with Crippen molar-refractivity contribution < 1.29 is 9.47 Å². The molecule has 1 aliphatic heterocycles. The van der Waals surface area contributed by atoms with Gasteiger partial charge in [0.05, 0.1) is 5.69 Å². The zero-order valence-electron chi connectivity index (χ0n) is 20.3. The predicted molar refractivity (Wildman–Crippen MR) is 140 cm³/mol. The van der Waals surface area contributed by atoms with Gasteiger partial charge in [-0.05, 0) is 74.6 Å². The quantitative estimate of drug-likeness (QED) is 0.313. The van der Waals surface area contributed by atoms with Crippen LogP contribution in [0.15, 0.2) is 60.7 Å². The molecule has 0 unspecified atom stereocenters. The van der Waals surface area contributed by atoms with Crippen molar-refractivity contribution in [1.82, 2.24) is 19.5 Å². The lowest BCUT2D eigenvalue weighted by atomic mass is 10.1. The Kier molecular flexibility index (Phi) is 6.99. The molecule has 8 heteroatoms. The molecule has 1 aliphatic rings. The standard InChI is InChI=1S/C27H32N6O2/c1-3-32(4-2)15-7-14-28-21-8-5-9-22(19-21)29-27-30-26-11-6-10-23(33(26)31-27)20-12-13-24-25(18-20)35-17-16-34-24/h5-6,8-13,18-19,28H,3-4,7,14-17H2,1-2H3,(H,29,31). The average Bonchev–Trinajstić information content (AvgIpc) is 3.31. The lowest BCUT2D eigenvalue weighted by molar-refractivity contribution is 0.171. The van der Waals surface area contributed by atoms with Gasteiger partial charge < -0.3 is 25.0 Å². The molecule has 0 radical (unpaired) electrons. The van der Waals surface area contributed by atoms with Crippen LogP contribution in [-0.4, -0.2) is 58.9 Å². The normalized spacial score (nSPS) is 12.8. The molecule has 4 aromatic rings. The Labute approximate surface area is 205 Å². The van der Waals surface area contributed by atoms with Crippen LogP contribution in [0.3, 0.4) is 0 Å². The van der Waals surface area contributed by atoms with E-state index in [9.17, 15) is 0 Å². The van der Waals surface area contributed by atoms with Gasteiger partial charge in [-0.15, -0.1) is 5.10 Å². The van der Waals surface area contributed by atoms with Crippen LogP contribution in [0, 0.1) is 0 Å². The van der Waals surface area contributed by atoms with Gasteiger partial charge in [0.2, 0.25) is 5.95 Å². The van der Waals surface area contributed by atoms with Crippen molar-refractivity contribution in [3.8, 4) is 22.8 Å². The van der Waals surface area contributed by atoms with E-state index in [0.717, 1.165) is 72.4 Å². The lowest BCUT2D eigenvalue weighted by Gasteiger charge is -2.19. The maximum absolute atomic E-state index is 5.76. The fourth-order valence-electron chi connectivity index (χ4n) is 4.29. The first-order chi connectivity index (χ1) is 17.2. The summed E-state index contributed by atoms with van der Waals surface area (Å²) in [6.07, 6.45) is 1.11. The molecule has 0 saturated heterocycles.